The molecular formula is C10H14ClFN2OS. The van der Waals surface area contributed by atoms with E-state index in [1.54, 1.807) is 6.92 Å². The summed E-state index contributed by atoms with van der Waals surface area (Å²) >= 11 is 7.10. The highest BCUT2D eigenvalue weighted by atomic mass is 35.5. The molecule has 1 unspecified atom stereocenters. The van der Waals surface area contributed by atoms with Crippen molar-refractivity contribution in [3.63, 3.8) is 0 Å². The predicted molar refractivity (Wildman–Crippen MR) is 66.7 cm³/mol. The molecule has 0 radical (unpaired) electrons. The van der Waals surface area contributed by atoms with Gasteiger partial charge in [-0.15, -0.1) is 0 Å². The average molecular weight is 265 g/mol. The summed E-state index contributed by atoms with van der Waals surface area (Å²) in [7, 11) is 0. The maximum absolute atomic E-state index is 13.3. The van der Waals surface area contributed by atoms with E-state index in [2.05, 4.69) is 10.3 Å². The number of nitrogens with one attached hydrogen (secondary N) is 1. The van der Waals surface area contributed by atoms with E-state index in [1.165, 1.54) is 24.0 Å². The molecule has 0 saturated heterocycles. The molecule has 1 heterocycles. The van der Waals surface area contributed by atoms with Gasteiger partial charge in [0, 0.05) is 18.5 Å². The molecule has 3 nitrogen and oxygen atoms in total. The Kier molecular flexibility index (Phi) is 4.83. The van der Waals surface area contributed by atoms with Gasteiger partial charge in [0.15, 0.2) is 11.6 Å². The Labute approximate surface area is 103 Å². The number of nitrogens with zero attached hydrogens (tertiary/aromatic N) is 1. The number of thioether (sulfide) groups is 1. The zero-order valence-corrected chi connectivity index (χ0v) is 10.7. The first-order valence-electron chi connectivity index (χ1n) is 4.71. The number of hydrogen-bond acceptors (Lipinski definition) is 4. The fourth-order valence-corrected chi connectivity index (χ4v) is 2.05. The summed E-state index contributed by atoms with van der Waals surface area (Å²) in [5.41, 5.74) is -0.896. The fourth-order valence-electron chi connectivity index (χ4n) is 1.18. The Morgan fingerprint density at radius 1 is 1.69 bits per heavy atom. The van der Waals surface area contributed by atoms with Crippen molar-refractivity contribution in [2.75, 3.05) is 23.9 Å². The average Bonchev–Trinajstić information content (AvgIpc) is 2.16. The van der Waals surface area contributed by atoms with Crippen LogP contribution in [-0.4, -0.2) is 34.2 Å². The lowest BCUT2D eigenvalue weighted by atomic mass is 10.1. The van der Waals surface area contributed by atoms with Gasteiger partial charge in [0.2, 0.25) is 0 Å². The number of pyridine rings is 1. The lowest BCUT2D eigenvalue weighted by Crippen LogP contribution is -2.36. The highest BCUT2D eigenvalue weighted by Crippen LogP contribution is 2.17. The van der Waals surface area contributed by atoms with Crippen molar-refractivity contribution in [2.45, 2.75) is 12.5 Å². The molecule has 0 aliphatic carbocycles. The van der Waals surface area contributed by atoms with Crippen LogP contribution in [-0.2, 0) is 0 Å². The van der Waals surface area contributed by atoms with Crippen LogP contribution in [0.4, 0.5) is 10.2 Å². The van der Waals surface area contributed by atoms with E-state index < -0.39 is 11.4 Å². The third kappa shape index (κ3) is 4.15. The second kappa shape index (κ2) is 5.70. The molecule has 0 amide bonds. The third-order valence-electron chi connectivity index (χ3n) is 1.90. The monoisotopic (exact) mass is 264 g/mol. The van der Waals surface area contributed by atoms with E-state index >= 15 is 0 Å². The minimum atomic E-state index is -0.896. The largest absolute Gasteiger partial charge is 0.387 e. The van der Waals surface area contributed by atoms with Gasteiger partial charge >= 0.3 is 0 Å². The van der Waals surface area contributed by atoms with Gasteiger partial charge in [-0.1, -0.05) is 11.6 Å². The first kappa shape index (κ1) is 13.5. The van der Waals surface area contributed by atoms with Gasteiger partial charge in [-0.05, 0) is 19.2 Å². The van der Waals surface area contributed by atoms with Crippen molar-refractivity contribution < 1.29 is 9.50 Å². The SMILES string of the molecule is CSCC(C)(O)CNc1ncc(Cl)cc1F. The molecule has 1 aromatic heterocycles. The van der Waals surface area contributed by atoms with Crippen molar-refractivity contribution in [1.29, 1.82) is 0 Å². The predicted octanol–water partition coefficient (Wildman–Crippen LogP) is 2.40. The number of halogens is 2. The molecule has 6 heteroatoms. The Morgan fingerprint density at radius 2 is 2.38 bits per heavy atom. The van der Waals surface area contributed by atoms with E-state index in [1.807, 2.05) is 6.26 Å². The molecule has 1 rings (SSSR count). The summed E-state index contributed by atoms with van der Waals surface area (Å²) in [5.74, 6) is 0.146. The van der Waals surface area contributed by atoms with Crippen molar-refractivity contribution in [3.05, 3.63) is 23.1 Å². The lowest BCUT2D eigenvalue weighted by molar-refractivity contribution is 0.0995. The molecule has 0 aromatic carbocycles. The van der Waals surface area contributed by atoms with Gasteiger partial charge in [-0.25, -0.2) is 9.37 Å². The van der Waals surface area contributed by atoms with Gasteiger partial charge < -0.3 is 10.4 Å². The van der Waals surface area contributed by atoms with E-state index in [4.69, 9.17) is 11.6 Å². The van der Waals surface area contributed by atoms with Crippen LogP contribution < -0.4 is 5.32 Å². The van der Waals surface area contributed by atoms with Crippen molar-refractivity contribution >= 4 is 29.2 Å². The van der Waals surface area contributed by atoms with Crippen molar-refractivity contribution in [2.24, 2.45) is 0 Å². The molecule has 1 aromatic rings. The molecule has 16 heavy (non-hydrogen) atoms. The Hall–Kier alpha value is -0.520. The topological polar surface area (TPSA) is 45.1 Å². The van der Waals surface area contributed by atoms with Crippen LogP contribution >= 0.6 is 23.4 Å². The molecule has 1 atom stereocenters. The number of aromatic nitrogens is 1. The second-order valence-electron chi connectivity index (χ2n) is 3.77. The molecule has 0 aliphatic rings. The summed E-state index contributed by atoms with van der Waals surface area (Å²) in [6, 6.07) is 1.18. The quantitative estimate of drug-likeness (QED) is 0.857. The van der Waals surface area contributed by atoms with Crippen LogP contribution in [0.2, 0.25) is 5.02 Å². The minimum absolute atomic E-state index is 0.103. The summed E-state index contributed by atoms with van der Waals surface area (Å²) < 4.78 is 13.3. The summed E-state index contributed by atoms with van der Waals surface area (Å²) in [6.45, 7) is 1.92. The second-order valence-corrected chi connectivity index (χ2v) is 5.07. The van der Waals surface area contributed by atoms with Crippen molar-refractivity contribution in [3.8, 4) is 0 Å². The van der Waals surface area contributed by atoms with E-state index in [0.717, 1.165) is 0 Å². The van der Waals surface area contributed by atoms with E-state index in [0.29, 0.717) is 5.75 Å². The molecule has 2 N–H and O–H groups in total. The first-order chi connectivity index (χ1) is 7.44. The van der Waals surface area contributed by atoms with Gasteiger partial charge in [0.05, 0.1) is 10.6 Å². The molecule has 0 bridgehead atoms. The Bertz CT molecular complexity index is 363. The summed E-state index contributed by atoms with van der Waals surface area (Å²) in [5, 5.41) is 12.9. The van der Waals surface area contributed by atoms with E-state index in [-0.39, 0.29) is 17.4 Å². The number of rotatable bonds is 5. The minimum Gasteiger partial charge on any atom is -0.387 e. The summed E-state index contributed by atoms with van der Waals surface area (Å²) in [4.78, 5) is 3.81. The number of aliphatic hydroxyl groups is 1. The molecule has 90 valence electrons. The van der Waals surface area contributed by atoms with Crippen LogP contribution in [0, 0.1) is 5.82 Å². The van der Waals surface area contributed by atoms with Crippen LogP contribution in [0.25, 0.3) is 0 Å². The van der Waals surface area contributed by atoms with Crippen LogP contribution in [0.1, 0.15) is 6.92 Å². The molecule has 0 fully saturated rings. The van der Waals surface area contributed by atoms with Gasteiger partial charge in [-0.2, -0.15) is 11.8 Å². The summed E-state index contributed by atoms with van der Waals surface area (Å²) in [6.07, 6.45) is 3.26. The third-order valence-corrected chi connectivity index (χ3v) is 3.02. The zero-order valence-electron chi connectivity index (χ0n) is 9.13. The standard InChI is InChI=1S/C10H14ClFN2OS/c1-10(15,6-16-2)5-14-9-8(12)3-7(11)4-13-9/h3-4,15H,5-6H2,1-2H3,(H,13,14). The number of anilines is 1. The van der Waals surface area contributed by atoms with E-state index in [9.17, 15) is 9.50 Å². The van der Waals surface area contributed by atoms with Crippen LogP contribution in [0.3, 0.4) is 0 Å². The molecule has 0 spiro atoms. The molecule has 0 saturated carbocycles. The molecular weight excluding hydrogens is 251 g/mol. The highest BCUT2D eigenvalue weighted by Gasteiger charge is 2.20. The van der Waals surface area contributed by atoms with Crippen LogP contribution in [0.15, 0.2) is 12.3 Å². The highest BCUT2D eigenvalue weighted by molar-refractivity contribution is 7.98. The maximum Gasteiger partial charge on any atom is 0.166 e. The smallest absolute Gasteiger partial charge is 0.166 e. The zero-order chi connectivity index (χ0) is 12.2. The van der Waals surface area contributed by atoms with Gasteiger partial charge in [-0.3, -0.25) is 0 Å². The maximum atomic E-state index is 13.3. The lowest BCUT2D eigenvalue weighted by Gasteiger charge is -2.22. The van der Waals surface area contributed by atoms with Gasteiger partial charge in [0.1, 0.15) is 0 Å². The Balaban J connectivity index is 2.61. The van der Waals surface area contributed by atoms with Crippen molar-refractivity contribution in [1.82, 2.24) is 4.98 Å². The van der Waals surface area contributed by atoms with Gasteiger partial charge in [0.25, 0.3) is 0 Å². The first-order valence-corrected chi connectivity index (χ1v) is 6.48. The van der Waals surface area contributed by atoms with Crippen LogP contribution in [0.5, 0.6) is 0 Å². The normalized spacial score (nSPS) is 14.6. The number of hydrogen-bond donors (Lipinski definition) is 2. The molecule has 0 aliphatic heterocycles. The Morgan fingerprint density at radius 3 is 2.94 bits per heavy atom. The fraction of sp³-hybridized carbons (Fsp3) is 0.500.